The number of anilines is 1. The average Bonchev–Trinajstić information content (AvgIpc) is 2.29. The molecule has 0 radical (unpaired) electrons. The Kier molecular flexibility index (Phi) is 4.84. The highest BCUT2D eigenvalue weighted by molar-refractivity contribution is 7.84. The van der Waals surface area contributed by atoms with Crippen LogP contribution in [0.1, 0.15) is 17.4 Å². The number of carboxylic acids is 1. The lowest BCUT2D eigenvalue weighted by atomic mass is 10.4. The topological polar surface area (TPSA) is 92.2 Å². The Morgan fingerprint density at radius 3 is 2.81 bits per heavy atom. The van der Waals surface area contributed by atoms with E-state index < -0.39 is 16.8 Å². The summed E-state index contributed by atoms with van der Waals surface area (Å²) in [5.41, 5.74) is -0.121. The van der Waals surface area contributed by atoms with Gasteiger partial charge in [0, 0.05) is 41.2 Å². The van der Waals surface area contributed by atoms with Crippen LogP contribution >= 0.6 is 0 Å². The van der Waals surface area contributed by atoms with Crippen molar-refractivity contribution < 1.29 is 14.1 Å². The van der Waals surface area contributed by atoms with E-state index in [-0.39, 0.29) is 11.5 Å². The van der Waals surface area contributed by atoms with Crippen molar-refractivity contribution in [2.45, 2.75) is 6.92 Å². The Morgan fingerprint density at radius 2 is 2.19 bits per heavy atom. The zero-order chi connectivity index (χ0) is 12.0. The number of nitrogens with zero attached hydrogens (tertiary/aromatic N) is 2. The molecule has 0 aromatic carbocycles. The van der Waals surface area contributed by atoms with Crippen molar-refractivity contribution in [1.82, 2.24) is 9.97 Å². The second-order valence-electron chi connectivity index (χ2n) is 2.92. The normalized spacial score (nSPS) is 12.1. The van der Waals surface area contributed by atoms with Crippen LogP contribution in [0.25, 0.3) is 0 Å². The second-order valence-corrected chi connectivity index (χ2v) is 4.78. The molecule has 1 heterocycles. The number of aromatic carboxylic acids is 1. The Bertz CT molecular complexity index is 397. The molecule has 0 aliphatic rings. The summed E-state index contributed by atoms with van der Waals surface area (Å²) in [5.74, 6) is 0.135. The molecule has 0 bridgehead atoms. The fourth-order valence-corrected chi connectivity index (χ4v) is 1.67. The maximum absolute atomic E-state index is 11.1. The number of carbonyl (C=O) groups is 1. The Morgan fingerprint density at radius 1 is 1.50 bits per heavy atom. The third-order valence-corrected chi connectivity index (χ3v) is 3.15. The lowest BCUT2D eigenvalue weighted by Gasteiger charge is -2.06. The van der Waals surface area contributed by atoms with Gasteiger partial charge in [0.15, 0.2) is 11.5 Å². The summed E-state index contributed by atoms with van der Waals surface area (Å²) in [7, 11) is -0.876. The molecule has 0 saturated heterocycles. The van der Waals surface area contributed by atoms with E-state index in [9.17, 15) is 9.00 Å². The summed E-state index contributed by atoms with van der Waals surface area (Å²) in [4.78, 5) is 18.3. The Hall–Kier alpha value is -1.50. The summed E-state index contributed by atoms with van der Waals surface area (Å²) in [5, 5.41) is 11.6. The smallest absolute Gasteiger partial charge is 0.358 e. The van der Waals surface area contributed by atoms with Crippen LogP contribution in [0, 0.1) is 0 Å². The Labute approximate surface area is 95.6 Å². The zero-order valence-corrected chi connectivity index (χ0v) is 9.66. The molecule has 7 heteroatoms. The van der Waals surface area contributed by atoms with Gasteiger partial charge >= 0.3 is 5.97 Å². The Balaban J connectivity index is 2.60. The molecule has 88 valence electrons. The molecule has 0 aliphatic heterocycles. The highest BCUT2D eigenvalue weighted by Crippen LogP contribution is 2.07. The second kappa shape index (κ2) is 6.16. The number of aromatic nitrogens is 2. The van der Waals surface area contributed by atoms with Gasteiger partial charge in [0.2, 0.25) is 0 Å². The molecule has 2 N–H and O–H groups in total. The largest absolute Gasteiger partial charge is 0.476 e. The zero-order valence-electron chi connectivity index (χ0n) is 8.84. The molecule has 1 aromatic rings. The summed E-state index contributed by atoms with van der Waals surface area (Å²) in [6, 6.07) is 0. The first kappa shape index (κ1) is 12.6. The van der Waals surface area contributed by atoms with Gasteiger partial charge in [0.25, 0.3) is 0 Å². The predicted octanol–water partition coefficient (Wildman–Crippen LogP) is 0.355. The molecular formula is C9H13N3O3S. The number of nitrogens with one attached hydrogen (secondary N) is 1. The van der Waals surface area contributed by atoms with Crippen molar-refractivity contribution in [3.63, 3.8) is 0 Å². The minimum Gasteiger partial charge on any atom is -0.476 e. The molecule has 0 saturated carbocycles. The van der Waals surface area contributed by atoms with Crippen molar-refractivity contribution in [3.05, 3.63) is 18.1 Å². The summed E-state index contributed by atoms with van der Waals surface area (Å²) in [6.45, 7) is 2.25. The van der Waals surface area contributed by atoms with E-state index in [0.717, 1.165) is 0 Å². The van der Waals surface area contributed by atoms with Crippen molar-refractivity contribution >= 4 is 22.6 Å². The van der Waals surface area contributed by atoms with Gasteiger partial charge in [0.1, 0.15) is 0 Å². The van der Waals surface area contributed by atoms with Gasteiger partial charge in [-0.1, -0.05) is 6.92 Å². The van der Waals surface area contributed by atoms with Crippen LogP contribution in [0.15, 0.2) is 12.4 Å². The number of hydrogen-bond donors (Lipinski definition) is 2. The summed E-state index contributed by atoms with van der Waals surface area (Å²) >= 11 is 0. The fraction of sp³-hybridized carbons (Fsp3) is 0.444. The highest BCUT2D eigenvalue weighted by Gasteiger charge is 2.11. The molecule has 1 aromatic heterocycles. The molecule has 1 rings (SSSR count). The average molecular weight is 243 g/mol. The van der Waals surface area contributed by atoms with Gasteiger partial charge in [-0.25, -0.2) is 14.8 Å². The van der Waals surface area contributed by atoms with Crippen molar-refractivity contribution in [1.29, 1.82) is 0 Å². The van der Waals surface area contributed by atoms with Crippen LogP contribution in [-0.4, -0.2) is 43.3 Å². The minimum absolute atomic E-state index is 0.121. The van der Waals surface area contributed by atoms with Gasteiger partial charge in [-0.05, 0) is 0 Å². The summed E-state index contributed by atoms with van der Waals surface area (Å²) < 4.78 is 11.1. The van der Waals surface area contributed by atoms with E-state index in [2.05, 4.69) is 15.3 Å². The van der Waals surface area contributed by atoms with Crippen LogP contribution in [0.4, 0.5) is 5.82 Å². The van der Waals surface area contributed by atoms with Crippen molar-refractivity contribution in [3.8, 4) is 0 Å². The molecule has 1 unspecified atom stereocenters. The van der Waals surface area contributed by atoms with E-state index in [0.29, 0.717) is 18.1 Å². The molecule has 0 amide bonds. The number of rotatable bonds is 6. The van der Waals surface area contributed by atoms with Gasteiger partial charge < -0.3 is 10.4 Å². The van der Waals surface area contributed by atoms with Gasteiger partial charge in [-0.15, -0.1) is 0 Å². The van der Waals surface area contributed by atoms with Gasteiger partial charge in [-0.3, -0.25) is 4.21 Å². The molecule has 0 fully saturated rings. The molecule has 1 atom stereocenters. The molecule has 6 nitrogen and oxygen atoms in total. The van der Waals surface area contributed by atoms with E-state index >= 15 is 0 Å². The van der Waals surface area contributed by atoms with E-state index in [1.807, 2.05) is 6.92 Å². The third kappa shape index (κ3) is 3.58. The van der Waals surface area contributed by atoms with Crippen molar-refractivity contribution in [2.75, 3.05) is 23.4 Å². The minimum atomic E-state index is -1.13. The monoisotopic (exact) mass is 243 g/mol. The predicted molar refractivity (Wildman–Crippen MR) is 61.0 cm³/mol. The third-order valence-electron chi connectivity index (χ3n) is 1.84. The molecule has 16 heavy (non-hydrogen) atoms. The lowest BCUT2D eigenvalue weighted by molar-refractivity contribution is 0.0691. The SMILES string of the molecule is CCS(=O)CCNc1nccnc1C(=O)O. The first-order chi connectivity index (χ1) is 7.65. The van der Waals surface area contributed by atoms with Crippen LogP contribution < -0.4 is 5.32 Å². The van der Waals surface area contributed by atoms with E-state index in [1.165, 1.54) is 12.4 Å². The van der Waals surface area contributed by atoms with Crippen LogP contribution in [0.3, 0.4) is 0 Å². The van der Waals surface area contributed by atoms with E-state index in [1.54, 1.807) is 0 Å². The fourth-order valence-electron chi connectivity index (χ4n) is 1.05. The van der Waals surface area contributed by atoms with Crippen molar-refractivity contribution in [2.24, 2.45) is 0 Å². The molecule has 0 aliphatic carbocycles. The van der Waals surface area contributed by atoms with Gasteiger partial charge in [0.05, 0.1) is 0 Å². The van der Waals surface area contributed by atoms with Crippen LogP contribution in [0.5, 0.6) is 0 Å². The molecular weight excluding hydrogens is 230 g/mol. The number of carboxylic acid groups (broad SMARTS) is 1. The quantitative estimate of drug-likeness (QED) is 0.749. The molecule has 0 spiro atoms. The standard InChI is InChI=1S/C9H13N3O3S/c1-2-16(15)6-5-12-8-7(9(13)14)10-3-4-11-8/h3-4H,2,5-6H2,1H3,(H,11,12)(H,13,14). The van der Waals surface area contributed by atoms with Crippen LogP contribution in [-0.2, 0) is 10.8 Å². The lowest BCUT2D eigenvalue weighted by Crippen LogP contribution is -2.16. The maximum Gasteiger partial charge on any atom is 0.358 e. The van der Waals surface area contributed by atoms with Gasteiger partial charge in [-0.2, -0.15) is 0 Å². The highest BCUT2D eigenvalue weighted by atomic mass is 32.2. The maximum atomic E-state index is 11.1. The summed E-state index contributed by atoms with van der Waals surface area (Å²) in [6.07, 6.45) is 2.73. The first-order valence-electron chi connectivity index (χ1n) is 4.78. The number of hydrogen-bond acceptors (Lipinski definition) is 5. The van der Waals surface area contributed by atoms with Crippen LogP contribution in [0.2, 0.25) is 0 Å². The van der Waals surface area contributed by atoms with E-state index in [4.69, 9.17) is 5.11 Å². The first-order valence-corrected chi connectivity index (χ1v) is 6.27.